The van der Waals surface area contributed by atoms with E-state index in [1.165, 1.54) is 11.8 Å². The smallest absolute Gasteiger partial charge is 0.233 e. The lowest BCUT2D eigenvalue weighted by atomic mass is 10.2. The standard InChI is InChI=1S/C18H20ClNO2S/c1-13-8-9-15(12-17(13)19)22-11-10-20-18(21)14(2)23-16-6-4-3-5-7-16/h3-9,12,14H,10-11H2,1-2H3,(H,20,21)/t14-/m1/s1. The van der Waals surface area contributed by atoms with E-state index in [1.807, 2.05) is 56.3 Å². The van der Waals surface area contributed by atoms with Gasteiger partial charge in [-0.3, -0.25) is 4.79 Å². The first-order valence-corrected chi connectivity index (χ1v) is 8.70. The van der Waals surface area contributed by atoms with Gasteiger partial charge in [0.1, 0.15) is 12.4 Å². The molecule has 0 saturated carbocycles. The number of hydrogen-bond donors (Lipinski definition) is 1. The summed E-state index contributed by atoms with van der Waals surface area (Å²) in [5, 5.41) is 3.41. The monoisotopic (exact) mass is 349 g/mol. The number of halogens is 1. The molecule has 2 aromatic rings. The number of thioether (sulfide) groups is 1. The fraction of sp³-hybridized carbons (Fsp3) is 0.278. The van der Waals surface area contributed by atoms with Crippen molar-refractivity contribution in [3.63, 3.8) is 0 Å². The van der Waals surface area contributed by atoms with Crippen molar-refractivity contribution in [1.29, 1.82) is 0 Å². The van der Waals surface area contributed by atoms with Gasteiger partial charge in [0, 0.05) is 9.92 Å². The molecule has 0 fully saturated rings. The average Bonchev–Trinajstić information content (AvgIpc) is 2.55. The molecular weight excluding hydrogens is 330 g/mol. The Kier molecular flexibility index (Phi) is 6.81. The van der Waals surface area contributed by atoms with Gasteiger partial charge < -0.3 is 10.1 Å². The van der Waals surface area contributed by atoms with E-state index in [2.05, 4.69) is 5.32 Å². The average molecular weight is 350 g/mol. The zero-order valence-corrected chi connectivity index (χ0v) is 14.8. The zero-order chi connectivity index (χ0) is 16.7. The van der Waals surface area contributed by atoms with E-state index < -0.39 is 0 Å². The minimum atomic E-state index is -0.147. The predicted molar refractivity (Wildman–Crippen MR) is 96.5 cm³/mol. The van der Waals surface area contributed by atoms with E-state index >= 15 is 0 Å². The van der Waals surface area contributed by atoms with Crippen molar-refractivity contribution in [1.82, 2.24) is 5.32 Å². The molecule has 0 bridgehead atoms. The summed E-state index contributed by atoms with van der Waals surface area (Å²) < 4.78 is 5.58. The number of amides is 1. The van der Waals surface area contributed by atoms with E-state index in [9.17, 15) is 4.79 Å². The summed E-state index contributed by atoms with van der Waals surface area (Å²) in [5.74, 6) is 0.714. The second-order valence-corrected chi connectivity index (χ2v) is 6.95. The van der Waals surface area contributed by atoms with Gasteiger partial charge in [-0.2, -0.15) is 0 Å². The van der Waals surface area contributed by atoms with E-state index in [-0.39, 0.29) is 11.2 Å². The largest absolute Gasteiger partial charge is 0.492 e. The number of nitrogens with one attached hydrogen (secondary N) is 1. The molecule has 23 heavy (non-hydrogen) atoms. The molecule has 2 aromatic carbocycles. The topological polar surface area (TPSA) is 38.3 Å². The van der Waals surface area contributed by atoms with E-state index in [0.717, 1.165) is 10.5 Å². The van der Waals surface area contributed by atoms with E-state index in [0.29, 0.717) is 23.9 Å². The Labute approximate surface area is 146 Å². The molecule has 1 N–H and O–H groups in total. The molecule has 0 spiro atoms. The molecule has 1 atom stereocenters. The third-order valence-corrected chi connectivity index (χ3v) is 4.76. The van der Waals surface area contributed by atoms with Gasteiger partial charge in [0.25, 0.3) is 0 Å². The highest BCUT2D eigenvalue weighted by Gasteiger charge is 2.13. The lowest BCUT2D eigenvalue weighted by molar-refractivity contribution is -0.120. The van der Waals surface area contributed by atoms with Crippen molar-refractivity contribution in [2.75, 3.05) is 13.2 Å². The van der Waals surface area contributed by atoms with Crippen molar-refractivity contribution in [2.24, 2.45) is 0 Å². The number of rotatable bonds is 7. The third kappa shape index (κ3) is 5.81. The van der Waals surface area contributed by atoms with Crippen LogP contribution in [0.3, 0.4) is 0 Å². The molecule has 0 aromatic heterocycles. The minimum absolute atomic E-state index is 0.00407. The van der Waals surface area contributed by atoms with E-state index in [1.54, 1.807) is 6.07 Å². The Morgan fingerprint density at radius 1 is 1.26 bits per heavy atom. The number of aryl methyl sites for hydroxylation is 1. The number of carbonyl (C=O) groups excluding carboxylic acids is 1. The summed E-state index contributed by atoms with van der Waals surface area (Å²) in [6, 6.07) is 15.5. The first kappa shape index (κ1) is 17.7. The SMILES string of the molecule is Cc1ccc(OCCNC(=O)[C@@H](C)Sc2ccccc2)cc1Cl. The van der Waals surface area contributed by atoms with Crippen LogP contribution in [0.25, 0.3) is 0 Å². The third-order valence-electron chi connectivity index (χ3n) is 3.24. The van der Waals surface area contributed by atoms with Gasteiger partial charge in [-0.1, -0.05) is 35.9 Å². The van der Waals surface area contributed by atoms with Crippen LogP contribution < -0.4 is 10.1 Å². The van der Waals surface area contributed by atoms with Crippen LogP contribution in [0.4, 0.5) is 0 Å². The van der Waals surface area contributed by atoms with Gasteiger partial charge in [-0.15, -0.1) is 11.8 Å². The highest BCUT2D eigenvalue weighted by atomic mass is 35.5. The number of ether oxygens (including phenoxy) is 1. The van der Waals surface area contributed by atoms with Crippen molar-refractivity contribution >= 4 is 29.3 Å². The van der Waals surface area contributed by atoms with Gasteiger partial charge in [-0.25, -0.2) is 0 Å². The second-order valence-electron chi connectivity index (χ2n) is 5.12. The Balaban J connectivity index is 1.71. The summed E-state index contributed by atoms with van der Waals surface area (Å²) in [7, 11) is 0. The summed E-state index contributed by atoms with van der Waals surface area (Å²) in [5.41, 5.74) is 1.01. The van der Waals surface area contributed by atoms with Crippen LogP contribution in [-0.4, -0.2) is 24.3 Å². The van der Waals surface area contributed by atoms with Crippen molar-refractivity contribution in [3.8, 4) is 5.75 Å². The maximum atomic E-state index is 12.0. The van der Waals surface area contributed by atoms with Crippen LogP contribution in [-0.2, 0) is 4.79 Å². The highest BCUT2D eigenvalue weighted by molar-refractivity contribution is 8.00. The molecule has 0 saturated heterocycles. The zero-order valence-electron chi connectivity index (χ0n) is 13.2. The first-order valence-electron chi connectivity index (χ1n) is 7.44. The first-order chi connectivity index (χ1) is 11.1. The molecule has 0 aliphatic rings. The van der Waals surface area contributed by atoms with Crippen molar-refractivity contribution < 1.29 is 9.53 Å². The van der Waals surface area contributed by atoms with Crippen LogP contribution in [0.15, 0.2) is 53.4 Å². The van der Waals surface area contributed by atoms with E-state index in [4.69, 9.17) is 16.3 Å². The van der Waals surface area contributed by atoms with Crippen LogP contribution >= 0.6 is 23.4 Å². The van der Waals surface area contributed by atoms with Gasteiger partial charge in [0.2, 0.25) is 5.91 Å². The second kappa shape index (κ2) is 8.85. The fourth-order valence-electron chi connectivity index (χ4n) is 1.91. The number of hydrogen-bond acceptors (Lipinski definition) is 3. The van der Waals surface area contributed by atoms with Crippen molar-refractivity contribution in [3.05, 3.63) is 59.1 Å². The highest BCUT2D eigenvalue weighted by Crippen LogP contribution is 2.23. The van der Waals surface area contributed by atoms with Gasteiger partial charge in [-0.05, 0) is 43.7 Å². The molecule has 0 unspecified atom stereocenters. The predicted octanol–water partition coefficient (Wildman–Crippen LogP) is 4.32. The molecule has 3 nitrogen and oxygen atoms in total. The Bertz CT molecular complexity index is 649. The van der Waals surface area contributed by atoms with Gasteiger partial charge >= 0.3 is 0 Å². The fourth-order valence-corrected chi connectivity index (χ4v) is 2.99. The van der Waals surface area contributed by atoms with Gasteiger partial charge in [0.05, 0.1) is 11.8 Å². The molecule has 0 aliphatic heterocycles. The lowest BCUT2D eigenvalue weighted by Gasteiger charge is -2.12. The van der Waals surface area contributed by atoms with Crippen LogP contribution in [0.1, 0.15) is 12.5 Å². The molecule has 0 radical (unpaired) electrons. The van der Waals surface area contributed by atoms with Crippen LogP contribution in [0.2, 0.25) is 5.02 Å². The molecule has 0 aliphatic carbocycles. The maximum absolute atomic E-state index is 12.0. The Morgan fingerprint density at radius 2 is 2.00 bits per heavy atom. The number of carbonyl (C=O) groups is 1. The van der Waals surface area contributed by atoms with Crippen LogP contribution in [0.5, 0.6) is 5.75 Å². The summed E-state index contributed by atoms with van der Waals surface area (Å²) in [4.78, 5) is 13.1. The minimum Gasteiger partial charge on any atom is -0.492 e. The lowest BCUT2D eigenvalue weighted by Crippen LogP contribution is -2.33. The van der Waals surface area contributed by atoms with Gasteiger partial charge in [0.15, 0.2) is 0 Å². The summed E-state index contributed by atoms with van der Waals surface area (Å²) in [6.07, 6.45) is 0. The summed E-state index contributed by atoms with van der Waals surface area (Å²) >= 11 is 7.58. The van der Waals surface area contributed by atoms with Crippen LogP contribution in [0, 0.1) is 6.92 Å². The molecule has 0 heterocycles. The Morgan fingerprint density at radius 3 is 2.70 bits per heavy atom. The van der Waals surface area contributed by atoms with Crippen molar-refractivity contribution in [2.45, 2.75) is 24.0 Å². The molecule has 5 heteroatoms. The number of benzene rings is 2. The molecule has 2 rings (SSSR count). The Hall–Kier alpha value is -1.65. The molecular formula is C18H20ClNO2S. The quantitative estimate of drug-likeness (QED) is 0.597. The summed E-state index contributed by atoms with van der Waals surface area (Å²) in [6.45, 7) is 4.71. The molecule has 1 amide bonds. The maximum Gasteiger partial charge on any atom is 0.233 e. The molecule has 122 valence electrons. The normalized spacial score (nSPS) is 11.8.